The van der Waals surface area contributed by atoms with Crippen LogP contribution in [0.25, 0.3) is 60.7 Å². The first-order chi connectivity index (χ1) is 18.4. The lowest BCUT2D eigenvalue weighted by molar-refractivity contribution is 0.411. The van der Waals surface area contributed by atoms with E-state index in [0.29, 0.717) is 11.6 Å². The zero-order valence-corrected chi connectivity index (χ0v) is 21.2. The first-order valence-corrected chi connectivity index (χ1v) is 12.8. The maximum absolute atomic E-state index is 8.80. The van der Waals surface area contributed by atoms with Crippen LogP contribution in [0.4, 0.5) is 0 Å². The monoisotopic (exact) mass is 481 g/mol. The van der Waals surface area contributed by atoms with E-state index in [1.54, 1.807) is 0 Å². The van der Waals surface area contributed by atoms with Gasteiger partial charge in [0.1, 0.15) is 5.58 Å². The van der Waals surface area contributed by atoms with E-state index in [1.165, 1.54) is 16.3 Å². The highest BCUT2D eigenvalue weighted by Crippen LogP contribution is 2.40. The van der Waals surface area contributed by atoms with E-state index in [9.17, 15) is 0 Å². The van der Waals surface area contributed by atoms with Crippen molar-refractivity contribution in [3.8, 4) is 16.9 Å². The van der Waals surface area contributed by atoms with Crippen molar-refractivity contribution in [1.82, 2.24) is 9.55 Å². The zero-order chi connectivity index (χ0) is 26.0. The molecule has 3 nitrogen and oxygen atoms in total. The van der Waals surface area contributed by atoms with Crippen molar-refractivity contribution in [1.29, 1.82) is 0 Å². The van der Waals surface area contributed by atoms with E-state index >= 15 is 0 Å². The van der Waals surface area contributed by atoms with Crippen LogP contribution in [-0.4, -0.2) is 9.55 Å². The molecular formula is C34H28N2O. The van der Waals surface area contributed by atoms with Gasteiger partial charge in [-0.1, -0.05) is 81.4 Å². The molecule has 0 aliphatic heterocycles. The summed E-state index contributed by atoms with van der Waals surface area (Å²) < 4.78 is 17.8. The maximum atomic E-state index is 8.80. The Morgan fingerprint density at radius 1 is 0.757 bits per heavy atom. The largest absolute Gasteiger partial charge is 0.453 e. The molecule has 3 heterocycles. The van der Waals surface area contributed by atoms with E-state index in [0.717, 1.165) is 50.8 Å². The van der Waals surface area contributed by atoms with Crippen molar-refractivity contribution in [2.75, 3.05) is 0 Å². The van der Waals surface area contributed by atoms with Crippen molar-refractivity contribution in [2.24, 2.45) is 5.41 Å². The van der Waals surface area contributed by atoms with Gasteiger partial charge in [0, 0.05) is 33.3 Å². The third-order valence-electron chi connectivity index (χ3n) is 7.07. The summed E-state index contributed by atoms with van der Waals surface area (Å²) in [4.78, 5) is 4.72. The summed E-state index contributed by atoms with van der Waals surface area (Å²) in [6, 6.07) is 31.7. The van der Waals surface area contributed by atoms with Gasteiger partial charge < -0.3 is 8.98 Å². The minimum atomic E-state index is 0.176. The van der Waals surface area contributed by atoms with Crippen LogP contribution in [0.5, 0.6) is 0 Å². The predicted molar refractivity (Wildman–Crippen MR) is 154 cm³/mol. The van der Waals surface area contributed by atoms with Crippen molar-refractivity contribution < 1.29 is 5.79 Å². The van der Waals surface area contributed by atoms with Gasteiger partial charge in [0.25, 0.3) is 0 Å². The lowest BCUT2D eigenvalue weighted by Crippen LogP contribution is -2.09. The number of fused-ring (bicyclic) bond motifs is 6. The highest BCUT2D eigenvalue weighted by atomic mass is 16.3. The molecule has 0 N–H and O–H groups in total. The number of furan rings is 1. The second kappa shape index (κ2) is 8.07. The first kappa shape index (κ1) is 20.8. The average molecular weight is 482 g/mol. The average Bonchev–Trinajstić information content (AvgIpc) is 3.45. The topological polar surface area (TPSA) is 31.0 Å². The van der Waals surface area contributed by atoms with Gasteiger partial charge in [0.15, 0.2) is 5.58 Å². The van der Waals surface area contributed by atoms with Gasteiger partial charge in [-0.2, -0.15) is 0 Å². The smallest absolute Gasteiger partial charge is 0.159 e. The molecule has 37 heavy (non-hydrogen) atoms. The normalized spacial score (nSPS) is 12.7. The molecule has 0 spiro atoms. The molecular weight excluding hydrogens is 452 g/mol. The van der Waals surface area contributed by atoms with Gasteiger partial charge in [-0.25, -0.2) is 0 Å². The molecule has 0 saturated carbocycles. The summed E-state index contributed by atoms with van der Waals surface area (Å²) >= 11 is 0. The van der Waals surface area contributed by atoms with Gasteiger partial charge in [0.2, 0.25) is 0 Å². The molecule has 0 saturated heterocycles. The molecule has 0 fully saturated rings. The van der Waals surface area contributed by atoms with E-state index in [1.807, 2.05) is 18.3 Å². The van der Waals surface area contributed by atoms with Gasteiger partial charge in [0.05, 0.1) is 23.8 Å². The number of para-hydroxylation sites is 4. The number of hydrogen-bond acceptors (Lipinski definition) is 2. The van der Waals surface area contributed by atoms with Crippen LogP contribution in [0.15, 0.2) is 108 Å². The molecule has 4 aromatic carbocycles. The molecule has 3 aromatic heterocycles. The fraction of sp³-hybridized carbons (Fsp3) is 0.147. The Balaban J connectivity index is 1.52. The minimum Gasteiger partial charge on any atom is -0.453 e. The number of nitrogens with zero attached hydrogens (tertiary/aromatic N) is 2. The molecule has 0 atom stereocenters. The van der Waals surface area contributed by atoms with Crippen molar-refractivity contribution >= 4 is 43.7 Å². The molecule has 3 heteroatoms. The lowest BCUT2D eigenvalue weighted by Gasteiger charge is -2.18. The second-order valence-corrected chi connectivity index (χ2v) is 11.0. The molecule has 180 valence electrons. The van der Waals surface area contributed by atoms with Crippen LogP contribution in [0.2, 0.25) is 0 Å². The Bertz CT molecular complexity index is 1950. The van der Waals surface area contributed by atoms with Crippen molar-refractivity contribution in [3.05, 3.63) is 109 Å². The summed E-state index contributed by atoms with van der Waals surface area (Å²) in [6.45, 7) is 6.74. The molecule has 0 amide bonds. The first-order valence-electron chi connectivity index (χ1n) is 13.3. The van der Waals surface area contributed by atoms with Crippen LogP contribution in [-0.2, 0) is 6.42 Å². The molecule has 7 rings (SSSR count). The molecule has 0 radical (unpaired) electrons. The fourth-order valence-electron chi connectivity index (χ4n) is 5.63. The van der Waals surface area contributed by atoms with Crippen molar-refractivity contribution in [2.45, 2.75) is 27.2 Å². The number of benzene rings is 4. The summed E-state index contributed by atoms with van der Waals surface area (Å²) in [7, 11) is 0. The highest BCUT2D eigenvalue weighted by molar-refractivity contribution is 6.14. The summed E-state index contributed by atoms with van der Waals surface area (Å²) in [5, 5.41) is 4.18. The zero-order valence-electron chi connectivity index (χ0n) is 22.2. The molecule has 0 aliphatic carbocycles. The van der Waals surface area contributed by atoms with Crippen LogP contribution >= 0.6 is 0 Å². The van der Waals surface area contributed by atoms with E-state index < -0.39 is 0 Å². The van der Waals surface area contributed by atoms with Gasteiger partial charge >= 0.3 is 0 Å². The maximum Gasteiger partial charge on any atom is 0.159 e. The van der Waals surface area contributed by atoms with Crippen LogP contribution in [0, 0.1) is 5.41 Å². The SMILES string of the molecule is [2H]c1ccc(-c2cc(CC(C)(C)C)ccn2)c2oc3c(-n4c5ccccc5c5ccccc54)cccc3c12. The number of aromatic nitrogens is 2. The van der Waals surface area contributed by atoms with Crippen LogP contribution < -0.4 is 0 Å². The van der Waals surface area contributed by atoms with Crippen LogP contribution in [0.1, 0.15) is 27.7 Å². The predicted octanol–water partition coefficient (Wildman–Crippen LogP) is 9.33. The Hall–Kier alpha value is -4.37. The third-order valence-corrected chi connectivity index (χ3v) is 7.07. The summed E-state index contributed by atoms with van der Waals surface area (Å²) in [5.41, 5.74) is 7.92. The standard InChI is InChI=1S/C34H28N2O/c1-34(2,3)21-22-18-19-35-28(20-22)27-14-8-12-25-26-13-9-17-31(33(26)37-32(25)27)36-29-15-6-4-10-23(29)24-11-5-7-16-30(24)36/h4-20H,21H2,1-3H3/i12D. The van der Waals surface area contributed by atoms with E-state index in [4.69, 9.17) is 10.8 Å². The van der Waals surface area contributed by atoms with Crippen molar-refractivity contribution in [3.63, 3.8) is 0 Å². The second-order valence-electron chi connectivity index (χ2n) is 11.0. The van der Waals surface area contributed by atoms with E-state index in [-0.39, 0.29) is 5.41 Å². The Kier molecular flexibility index (Phi) is 4.54. The number of hydrogen-bond donors (Lipinski definition) is 0. The summed E-state index contributed by atoms with van der Waals surface area (Å²) in [5.74, 6) is 0. The molecule has 0 unspecified atom stereocenters. The van der Waals surface area contributed by atoms with Gasteiger partial charge in [-0.3, -0.25) is 4.98 Å². The van der Waals surface area contributed by atoms with Gasteiger partial charge in [-0.05, 0) is 53.8 Å². The summed E-state index contributed by atoms with van der Waals surface area (Å²) in [6.07, 6.45) is 2.84. The quantitative estimate of drug-likeness (QED) is 0.252. The van der Waals surface area contributed by atoms with Crippen LogP contribution in [0.3, 0.4) is 0 Å². The molecule has 0 aliphatic rings. The Morgan fingerprint density at radius 3 is 2.19 bits per heavy atom. The minimum absolute atomic E-state index is 0.176. The highest BCUT2D eigenvalue weighted by Gasteiger charge is 2.19. The van der Waals surface area contributed by atoms with Gasteiger partial charge in [-0.15, -0.1) is 0 Å². The number of rotatable bonds is 3. The lowest BCUT2D eigenvalue weighted by atomic mass is 9.88. The Labute approximate surface area is 217 Å². The number of pyridine rings is 1. The fourth-order valence-corrected chi connectivity index (χ4v) is 5.63. The Morgan fingerprint density at radius 2 is 1.46 bits per heavy atom. The molecule has 7 aromatic rings. The third kappa shape index (κ3) is 3.54. The molecule has 0 bridgehead atoms. The van der Waals surface area contributed by atoms with E-state index in [2.05, 4.69) is 104 Å².